The van der Waals surface area contributed by atoms with Crippen LogP contribution in [0, 0.1) is 11.7 Å². The number of carbonyl (C=O) groups excluding carboxylic acids is 1. The lowest BCUT2D eigenvalue weighted by Crippen LogP contribution is -2.41. The predicted octanol–water partition coefficient (Wildman–Crippen LogP) is 2.75. The van der Waals surface area contributed by atoms with Crippen molar-refractivity contribution in [1.82, 2.24) is 5.32 Å². The Morgan fingerprint density at radius 2 is 2.14 bits per heavy atom. The van der Waals surface area contributed by atoms with Gasteiger partial charge in [-0.2, -0.15) is 0 Å². The van der Waals surface area contributed by atoms with Crippen molar-refractivity contribution >= 4 is 5.91 Å². The van der Waals surface area contributed by atoms with Gasteiger partial charge in [-0.15, -0.1) is 0 Å². The van der Waals surface area contributed by atoms with Gasteiger partial charge in [-0.05, 0) is 30.0 Å². The van der Waals surface area contributed by atoms with E-state index in [4.69, 9.17) is 10.5 Å². The summed E-state index contributed by atoms with van der Waals surface area (Å²) in [4.78, 5) is 12.1. The first kappa shape index (κ1) is 16.7. The lowest BCUT2D eigenvalue weighted by Gasteiger charge is -2.24. The lowest BCUT2D eigenvalue weighted by molar-refractivity contribution is -0.123. The molecule has 0 aromatic heterocycles. The third-order valence-electron chi connectivity index (χ3n) is 4.33. The van der Waals surface area contributed by atoms with E-state index in [1.807, 2.05) is 0 Å². The monoisotopic (exact) mass is 308 g/mol. The maximum atomic E-state index is 13.3. The first-order chi connectivity index (χ1) is 10.6. The van der Waals surface area contributed by atoms with Crippen LogP contribution in [0.3, 0.4) is 0 Å². The molecule has 122 valence electrons. The molecule has 0 saturated heterocycles. The second-order valence-electron chi connectivity index (χ2n) is 6.03. The van der Waals surface area contributed by atoms with Gasteiger partial charge in [0.05, 0.1) is 13.2 Å². The standard InChI is InChI=1S/C17H25FN2O2/c1-22-16-10-13(7-8-14(16)18)11-20-17(21)15(19)9-12-5-3-2-4-6-12/h7-8,10,12,15H,2-6,9,11,19H2,1H3,(H,20,21). The number of rotatable bonds is 6. The summed E-state index contributed by atoms with van der Waals surface area (Å²) in [5, 5.41) is 2.82. The van der Waals surface area contributed by atoms with Crippen LogP contribution in [-0.4, -0.2) is 19.1 Å². The van der Waals surface area contributed by atoms with Gasteiger partial charge < -0.3 is 15.8 Å². The van der Waals surface area contributed by atoms with Crippen molar-refractivity contribution in [2.75, 3.05) is 7.11 Å². The Kier molecular flexibility index (Phi) is 6.19. The minimum absolute atomic E-state index is 0.145. The Bertz CT molecular complexity index is 501. The summed E-state index contributed by atoms with van der Waals surface area (Å²) in [5.41, 5.74) is 6.78. The highest BCUT2D eigenvalue weighted by Crippen LogP contribution is 2.27. The largest absolute Gasteiger partial charge is 0.494 e. The highest BCUT2D eigenvalue weighted by molar-refractivity contribution is 5.81. The molecule has 1 aromatic carbocycles. The van der Waals surface area contributed by atoms with Crippen LogP contribution in [0.5, 0.6) is 5.75 Å². The van der Waals surface area contributed by atoms with E-state index in [-0.39, 0.29) is 11.7 Å². The maximum absolute atomic E-state index is 13.3. The second kappa shape index (κ2) is 8.13. The van der Waals surface area contributed by atoms with Crippen molar-refractivity contribution in [2.24, 2.45) is 11.7 Å². The smallest absolute Gasteiger partial charge is 0.237 e. The Morgan fingerprint density at radius 3 is 2.82 bits per heavy atom. The number of halogens is 1. The van der Waals surface area contributed by atoms with Crippen molar-refractivity contribution in [3.63, 3.8) is 0 Å². The summed E-state index contributed by atoms with van der Waals surface area (Å²) < 4.78 is 18.3. The molecule has 0 bridgehead atoms. The van der Waals surface area contributed by atoms with Crippen LogP contribution in [0.2, 0.25) is 0 Å². The topological polar surface area (TPSA) is 64.3 Å². The second-order valence-corrected chi connectivity index (χ2v) is 6.03. The summed E-state index contributed by atoms with van der Waals surface area (Å²) in [6.45, 7) is 0.327. The number of methoxy groups -OCH3 is 1. The number of amides is 1. The SMILES string of the molecule is COc1cc(CNC(=O)C(N)CC2CCCCC2)ccc1F. The Morgan fingerprint density at radius 1 is 1.41 bits per heavy atom. The van der Waals surface area contributed by atoms with E-state index in [9.17, 15) is 9.18 Å². The zero-order valence-electron chi connectivity index (χ0n) is 13.1. The normalized spacial score (nSPS) is 17.0. The number of nitrogens with two attached hydrogens (primary N) is 1. The van der Waals surface area contributed by atoms with E-state index >= 15 is 0 Å². The molecule has 0 heterocycles. The molecule has 3 N–H and O–H groups in total. The van der Waals surface area contributed by atoms with E-state index in [1.165, 1.54) is 45.3 Å². The van der Waals surface area contributed by atoms with E-state index in [2.05, 4.69) is 5.32 Å². The quantitative estimate of drug-likeness (QED) is 0.849. The number of hydrogen-bond donors (Lipinski definition) is 2. The van der Waals surface area contributed by atoms with Gasteiger partial charge in [0.25, 0.3) is 0 Å². The first-order valence-corrected chi connectivity index (χ1v) is 7.96. The van der Waals surface area contributed by atoms with Gasteiger partial charge in [-0.1, -0.05) is 38.2 Å². The molecule has 1 unspecified atom stereocenters. The van der Waals surface area contributed by atoms with Gasteiger partial charge in [0.15, 0.2) is 11.6 Å². The van der Waals surface area contributed by atoms with Gasteiger partial charge in [0.2, 0.25) is 5.91 Å². The summed E-state index contributed by atoms with van der Waals surface area (Å²) in [6.07, 6.45) is 6.89. The van der Waals surface area contributed by atoms with Crippen LogP contribution < -0.4 is 15.8 Å². The Balaban J connectivity index is 1.81. The first-order valence-electron chi connectivity index (χ1n) is 7.96. The van der Waals surface area contributed by atoms with Crippen LogP contribution in [0.4, 0.5) is 4.39 Å². The van der Waals surface area contributed by atoms with E-state index in [1.54, 1.807) is 12.1 Å². The lowest BCUT2D eigenvalue weighted by atomic mass is 9.85. The molecule has 1 atom stereocenters. The van der Waals surface area contributed by atoms with Crippen molar-refractivity contribution in [3.8, 4) is 5.75 Å². The van der Waals surface area contributed by atoms with Crippen LogP contribution in [0.1, 0.15) is 44.1 Å². The summed E-state index contributed by atoms with van der Waals surface area (Å²) in [7, 11) is 1.42. The number of carbonyl (C=O) groups is 1. The van der Waals surface area contributed by atoms with Gasteiger partial charge in [0.1, 0.15) is 0 Å². The minimum atomic E-state index is -0.467. The molecule has 22 heavy (non-hydrogen) atoms. The average Bonchev–Trinajstić information content (AvgIpc) is 2.54. The van der Waals surface area contributed by atoms with Gasteiger partial charge in [-0.3, -0.25) is 4.79 Å². The number of ether oxygens (including phenoxy) is 1. The van der Waals surface area contributed by atoms with E-state index in [0.29, 0.717) is 12.5 Å². The van der Waals surface area contributed by atoms with Gasteiger partial charge in [0, 0.05) is 6.54 Å². The maximum Gasteiger partial charge on any atom is 0.237 e. The fraction of sp³-hybridized carbons (Fsp3) is 0.588. The Labute approximate surface area is 131 Å². The van der Waals surface area contributed by atoms with Gasteiger partial charge >= 0.3 is 0 Å². The third kappa shape index (κ3) is 4.70. The van der Waals surface area contributed by atoms with Crippen LogP contribution in [0.15, 0.2) is 18.2 Å². The Hall–Kier alpha value is -1.62. The van der Waals surface area contributed by atoms with Crippen molar-refractivity contribution < 1.29 is 13.9 Å². The molecule has 0 radical (unpaired) electrons. The van der Waals surface area contributed by atoms with E-state index < -0.39 is 11.9 Å². The van der Waals surface area contributed by atoms with Gasteiger partial charge in [-0.25, -0.2) is 4.39 Å². The van der Waals surface area contributed by atoms with Crippen molar-refractivity contribution in [1.29, 1.82) is 0 Å². The molecule has 1 aliphatic carbocycles. The molecule has 4 nitrogen and oxygen atoms in total. The van der Waals surface area contributed by atoms with Crippen molar-refractivity contribution in [3.05, 3.63) is 29.6 Å². The fourth-order valence-corrected chi connectivity index (χ4v) is 3.02. The zero-order chi connectivity index (χ0) is 15.9. The molecule has 1 amide bonds. The summed E-state index contributed by atoms with van der Waals surface area (Å²) >= 11 is 0. The highest BCUT2D eigenvalue weighted by Gasteiger charge is 2.21. The molecular weight excluding hydrogens is 283 g/mol. The fourth-order valence-electron chi connectivity index (χ4n) is 3.02. The number of nitrogens with one attached hydrogen (secondary N) is 1. The number of hydrogen-bond acceptors (Lipinski definition) is 3. The zero-order valence-corrected chi connectivity index (χ0v) is 13.1. The minimum Gasteiger partial charge on any atom is -0.494 e. The molecular formula is C17H25FN2O2. The molecule has 1 aliphatic rings. The van der Waals surface area contributed by atoms with Crippen LogP contribution in [-0.2, 0) is 11.3 Å². The molecule has 1 fully saturated rings. The molecule has 0 aliphatic heterocycles. The third-order valence-corrected chi connectivity index (χ3v) is 4.33. The predicted molar refractivity (Wildman–Crippen MR) is 84.0 cm³/mol. The average molecular weight is 308 g/mol. The van der Waals surface area contributed by atoms with Crippen LogP contribution in [0.25, 0.3) is 0 Å². The molecule has 5 heteroatoms. The molecule has 1 saturated carbocycles. The highest BCUT2D eigenvalue weighted by atomic mass is 19.1. The molecule has 2 rings (SSSR count). The molecule has 1 aromatic rings. The van der Waals surface area contributed by atoms with Crippen LogP contribution >= 0.6 is 0 Å². The van der Waals surface area contributed by atoms with E-state index in [0.717, 1.165) is 12.0 Å². The summed E-state index contributed by atoms with van der Waals surface area (Å²) in [5.74, 6) is 0.194. The van der Waals surface area contributed by atoms with Crippen molar-refractivity contribution in [2.45, 2.75) is 51.1 Å². The molecule has 0 spiro atoms. The summed E-state index contributed by atoms with van der Waals surface area (Å²) in [6, 6.07) is 4.08. The number of benzene rings is 1.